The van der Waals surface area contributed by atoms with Crippen molar-refractivity contribution in [1.29, 1.82) is 0 Å². The lowest BCUT2D eigenvalue weighted by atomic mass is 10.1. The van der Waals surface area contributed by atoms with Gasteiger partial charge >= 0.3 is 0 Å². The summed E-state index contributed by atoms with van der Waals surface area (Å²) in [5, 5.41) is 10.1. The first-order valence-corrected chi connectivity index (χ1v) is 12.0. The Morgan fingerprint density at radius 2 is 1.75 bits per heavy atom. The molecular formula is C21H24ClN3O6S. The highest BCUT2D eigenvalue weighted by atomic mass is 35.5. The van der Waals surface area contributed by atoms with Crippen LogP contribution in [0.1, 0.15) is 5.56 Å². The zero-order valence-electron chi connectivity index (χ0n) is 17.2. The van der Waals surface area contributed by atoms with Crippen molar-refractivity contribution in [3.63, 3.8) is 0 Å². The number of sulfonamides is 1. The lowest BCUT2D eigenvalue weighted by Gasteiger charge is -2.36. The summed E-state index contributed by atoms with van der Waals surface area (Å²) >= 11 is 5.80. The molecule has 4 rings (SSSR count). The maximum absolute atomic E-state index is 12.9. The van der Waals surface area contributed by atoms with Crippen molar-refractivity contribution in [2.24, 2.45) is 0 Å². The highest BCUT2D eigenvalue weighted by molar-refractivity contribution is 7.89. The highest BCUT2D eigenvalue weighted by Crippen LogP contribution is 2.32. The molecule has 0 aliphatic carbocycles. The summed E-state index contributed by atoms with van der Waals surface area (Å²) in [6, 6.07) is 10.2. The Bertz CT molecular complexity index is 1070. The number of aliphatic hydroxyl groups is 1. The van der Waals surface area contributed by atoms with Crippen molar-refractivity contribution < 1.29 is 27.8 Å². The van der Waals surface area contributed by atoms with Crippen LogP contribution >= 0.6 is 11.6 Å². The number of piperazine rings is 1. The van der Waals surface area contributed by atoms with Gasteiger partial charge in [0.05, 0.1) is 11.5 Å². The van der Waals surface area contributed by atoms with E-state index in [9.17, 15) is 18.3 Å². The van der Waals surface area contributed by atoms with Crippen molar-refractivity contribution in [2.75, 3.05) is 39.6 Å². The van der Waals surface area contributed by atoms with E-state index in [4.69, 9.17) is 21.1 Å². The third kappa shape index (κ3) is 5.16. The van der Waals surface area contributed by atoms with Crippen LogP contribution in [0.15, 0.2) is 47.4 Å². The molecule has 1 amide bonds. The van der Waals surface area contributed by atoms with Gasteiger partial charge in [-0.05, 0) is 42.0 Å². The summed E-state index contributed by atoms with van der Waals surface area (Å²) in [5.74, 6) is 1.02. The molecule has 172 valence electrons. The van der Waals surface area contributed by atoms with Crippen molar-refractivity contribution in [2.45, 2.75) is 17.5 Å². The van der Waals surface area contributed by atoms with Crippen LogP contribution in [0.3, 0.4) is 0 Å². The van der Waals surface area contributed by atoms with E-state index in [1.165, 1.54) is 24.3 Å². The largest absolute Gasteiger partial charge is 0.454 e. The molecule has 0 radical (unpaired) electrons. The number of rotatable bonds is 7. The van der Waals surface area contributed by atoms with Gasteiger partial charge < -0.3 is 19.5 Å². The molecule has 2 aromatic carbocycles. The molecular weight excluding hydrogens is 458 g/mol. The third-order valence-electron chi connectivity index (χ3n) is 5.43. The minimum Gasteiger partial charge on any atom is -0.454 e. The Kier molecular flexibility index (Phi) is 6.87. The van der Waals surface area contributed by atoms with Crippen LogP contribution in [0, 0.1) is 0 Å². The topological polar surface area (TPSA) is 108 Å². The van der Waals surface area contributed by atoms with Gasteiger partial charge in [0.1, 0.15) is 6.04 Å². The van der Waals surface area contributed by atoms with Crippen molar-refractivity contribution in [3.05, 3.63) is 53.1 Å². The fourth-order valence-corrected chi connectivity index (χ4v) is 4.99. The molecule has 1 fully saturated rings. The first-order chi connectivity index (χ1) is 15.4. The van der Waals surface area contributed by atoms with E-state index < -0.39 is 28.6 Å². The number of benzene rings is 2. The van der Waals surface area contributed by atoms with E-state index in [0.29, 0.717) is 37.7 Å². The quantitative estimate of drug-likeness (QED) is 0.608. The van der Waals surface area contributed by atoms with E-state index in [1.807, 2.05) is 18.2 Å². The Hall–Kier alpha value is -2.37. The summed E-state index contributed by atoms with van der Waals surface area (Å²) in [5.41, 5.74) is 1.08. The van der Waals surface area contributed by atoms with Crippen LogP contribution in [0.2, 0.25) is 5.02 Å². The number of carbonyl (C=O) groups excluding carboxylic acids is 1. The molecule has 2 N–H and O–H groups in total. The minimum absolute atomic E-state index is 0.0262. The van der Waals surface area contributed by atoms with E-state index in [-0.39, 0.29) is 11.7 Å². The second kappa shape index (κ2) is 9.63. The molecule has 0 saturated carbocycles. The molecule has 11 heteroatoms. The molecule has 0 unspecified atom stereocenters. The highest BCUT2D eigenvalue weighted by Gasteiger charge is 2.31. The fourth-order valence-electron chi connectivity index (χ4n) is 3.68. The van der Waals surface area contributed by atoms with Crippen LogP contribution in [-0.2, 0) is 21.4 Å². The Morgan fingerprint density at radius 1 is 1.06 bits per heavy atom. The van der Waals surface area contributed by atoms with E-state index in [0.717, 1.165) is 17.1 Å². The van der Waals surface area contributed by atoms with E-state index in [1.54, 1.807) is 4.90 Å². The zero-order valence-corrected chi connectivity index (χ0v) is 18.8. The third-order valence-corrected chi connectivity index (χ3v) is 7.17. The lowest BCUT2D eigenvalue weighted by Crippen LogP contribution is -2.55. The predicted octanol–water partition coefficient (Wildman–Crippen LogP) is 1.05. The summed E-state index contributed by atoms with van der Waals surface area (Å²) < 4.78 is 38.2. The van der Waals surface area contributed by atoms with Crippen molar-refractivity contribution in [1.82, 2.24) is 14.5 Å². The van der Waals surface area contributed by atoms with Gasteiger partial charge in [0.25, 0.3) is 0 Å². The fraction of sp³-hybridized carbons (Fsp3) is 0.381. The second-order valence-corrected chi connectivity index (χ2v) is 9.75. The number of amides is 1. The predicted molar refractivity (Wildman–Crippen MR) is 117 cm³/mol. The molecule has 0 aromatic heterocycles. The van der Waals surface area contributed by atoms with Gasteiger partial charge in [-0.15, -0.1) is 0 Å². The lowest BCUT2D eigenvalue weighted by molar-refractivity contribution is -0.135. The number of hydrogen-bond acceptors (Lipinski definition) is 7. The number of halogens is 1. The van der Waals surface area contributed by atoms with Crippen LogP contribution in [-0.4, -0.2) is 74.9 Å². The molecule has 2 heterocycles. The molecule has 1 atom stereocenters. The van der Waals surface area contributed by atoms with E-state index in [2.05, 4.69) is 9.62 Å². The van der Waals surface area contributed by atoms with Gasteiger partial charge in [0.15, 0.2) is 11.5 Å². The minimum atomic E-state index is -3.98. The van der Waals surface area contributed by atoms with Crippen molar-refractivity contribution in [3.8, 4) is 11.5 Å². The summed E-state index contributed by atoms with van der Waals surface area (Å²) in [6.07, 6.45) is 0. The SMILES string of the molecule is O=C([C@H](CO)NS(=O)(=O)c1ccc(Cl)cc1)N1CCN(Cc2ccc3c(c2)OCO3)CC1. The molecule has 1 saturated heterocycles. The number of aliphatic hydroxyl groups excluding tert-OH is 1. The molecule has 32 heavy (non-hydrogen) atoms. The number of carbonyl (C=O) groups is 1. The summed E-state index contributed by atoms with van der Waals surface area (Å²) in [6.45, 7) is 2.41. The Morgan fingerprint density at radius 3 is 2.44 bits per heavy atom. The summed E-state index contributed by atoms with van der Waals surface area (Å²) in [7, 11) is -3.98. The van der Waals surface area contributed by atoms with Crippen LogP contribution in [0.5, 0.6) is 11.5 Å². The van der Waals surface area contributed by atoms with Gasteiger partial charge in [0, 0.05) is 37.7 Å². The van der Waals surface area contributed by atoms with Crippen LogP contribution < -0.4 is 14.2 Å². The molecule has 2 aliphatic heterocycles. The average molecular weight is 482 g/mol. The first kappa shape index (κ1) is 22.8. The maximum atomic E-state index is 12.9. The number of nitrogens with one attached hydrogen (secondary N) is 1. The van der Waals surface area contributed by atoms with E-state index >= 15 is 0 Å². The Labute approximate surface area is 191 Å². The van der Waals surface area contributed by atoms with Crippen molar-refractivity contribution >= 4 is 27.5 Å². The van der Waals surface area contributed by atoms with Gasteiger partial charge in [-0.25, -0.2) is 8.42 Å². The standard InChI is InChI=1S/C21H24ClN3O6S/c22-16-2-4-17(5-3-16)32(28,29)23-18(13-26)21(27)25-9-7-24(8-10-25)12-15-1-6-19-20(11-15)31-14-30-19/h1-6,11,18,23,26H,7-10,12-14H2/t18-/m0/s1. The summed E-state index contributed by atoms with van der Waals surface area (Å²) in [4.78, 5) is 16.6. The van der Waals surface area contributed by atoms with Crippen LogP contribution in [0.4, 0.5) is 0 Å². The van der Waals surface area contributed by atoms with Gasteiger partial charge in [-0.3, -0.25) is 9.69 Å². The monoisotopic (exact) mass is 481 g/mol. The zero-order chi connectivity index (χ0) is 22.7. The normalized spacial score (nSPS) is 17.4. The van der Waals surface area contributed by atoms with Gasteiger partial charge in [-0.1, -0.05) is 17.7 Å². The Balaban J connectivity index is 1.33. The maximum Gasteiger partial charge on any atom is 0.243 e. The molecule has 9 nitrogen and oxygen atoms in total. The van der Waals surface area contributed by atoms with Crippen LogP contribution in [0.25, 0.3) is 0 Å². The number of ether oxygens (including phenoxy) is 2. The van der Waals surface area contributed by atoms with Gasteiger partial charge in [0.2, 0.25) is 22.7 Å². The number of fused-ring (bicyclic) bond motifs is 1. The number of hydrogen-bond donors (Lipinski definition) is 2. The molecule has 2 aliphatic rings. The van der Waals surface area contributed by atoms with Gasteiger partial charge in [-0.2, -0.15) is 4.72 Å². The molecule has 0 spiro atoms. The average Bonchev–Trinajstić information content (AvgIpc) is 3.26. The second-order valence-electron chi connectivity index (χ2n) is 7.60. The molecule has 0 bridgehead atoms. The smallest absolute Gasteiger partial charge is 0.243 e. The molecule has 2 aromatic rings. The first-order valence-electron chi connectivity index (χ1n) is 10.1. The number of nitrogens with zero attached hydrogens (tertiary/aromatic N) is 2.